The summed E-state index contributed by atoms with van der Waals surface area (Å²) in [7, 11) is 1.93. The Morgan fingerprint density at radius 1 is 1.41 bits per heavy atom. The summed E-state index contributed by atoms with van der Waals surface area (Å²) >= 11 is 1.58. The zero-order valence-electron chi connectivity index (χ0n) is 9.77. The molecule has 1 aromatic heterocycles. The number of para-hydroxylation sites is 1. The molecule has 0 aliphatic carbocycles. The number of nitrogen functional groups attached to an aromatic ring is 1. The number of aryl methyl sites for hydroxylation is 1. The Kier molecular flexibility index (Phi) is 3.10. The molecule has 0 atom stereocenters. The quantitative estimate of drug-likeness (QED) is 0.646. The van der Waals surface area contributed by atoms with Gasteiger partial charge in [-0.25, -0.2) is 4.98 Å². The Morgan fingerprint density at radius 3 is 2.71 bits per heavy atom. The fourth-order valence-electron chi connectivity index (χ4n) is 1.59. The van der Waals surface area contributed by atoms with E-state index in [1.165, 1.54) is 0 Å². The van der Waals surface area contributed by atoms with Crippen LogP contribution in [0.5, 0.6) is 0 Å². The Bertz CT molecular complexity index is 547. The van der Waals surface area contributed by atoms with Gasteiger partial charge in [-0.05, 0) is 19.1 Å². The van der Waals surface area contributed by atoms with Crippen LogP contribution in [0, 0.1) is 12.3 Å². The minimum absolute atomic E-state index is 0.0701. The van der Waals surface area contributed by atoms with Crippen molar-refractivity contribution < 1.29 is 0 Å². The summed E-state index contributed by atoms with van der Waals surface area (Å²) in [6, 6.07) is 7.59. The zero-order valence-corrected chi connectivity index (χ0v) is 10.6. The molecule has 0 spiro atoms. The van der Waals surface area contributed by atoms with Crippen molar-refractivity contribution in [2.75, 3.05) is 11.9 Å². The number of amidine groups is 1. The van der Waals surface area contributed by atoms with E-state index in [0.717, 1.165) is 22.1 Å². The number of anilines is 2. The monoisotopic (exact) mass is 246 g/mol. The summed E-state index contributed by atoms with van der Waals surface area (Å²) in [6.07, 6.45) is 0. The van der Waals surface area contributed by atoms with Crippen molar-refractivity contribution >= 4 is 28.0 Å². The highest BCUT2D eigenvalue weighted by molar-refractivity contribution is 7.13. The number of benzene rings is 1. The van der Waals surface area contributed by atoms with Gasteiger partial charge in [-0.15, -0.1) is 11.3 Å². The lowest BCUT2D eigenvalue weighted by molar-refractivity contribution is 1.14. The van der Waals surface area contributed by atoms with E-state index < -0.39 is 0 Å². The smallest absolute Gasteiger partial charge is 0.189 e. The molecule has 2 aromatic rings. The van der Waals surface area contributed by atoms with Crippen molar-refractivity contribution in [2.24, 2.45) is 5.73 Å². The molecule has 17 heavy (non-hydrogen) atoms. The summed E-state index contributed by atoms with van der Waals surface area (Å²) < 4.78 is 0. The maximum absolute atomic E-state index is 7.57. The van der Waals surface area contributed by atoms with E-state index in [-0.39, 0.29) is 5.84 Å². The molecule has 0 amide bonds. The Labute approximate surface area is 104 Å². The van der Waals surface area contributed by atoms with Crippen LogP contribution in [0.1, 0.15) is 11.3 Å². The van der Waals surface area contributed by atoms with Crippen LogP contribution < -0.4 is 10.6 Å². The van der Waals surface area contributed by atoms with E-state index in [9.17, 15) is 0 Å². The molecule has 88 valence electrons. The number of rotatable bonds is 3. The molecular formula is C12H14N4S. The number of hydrogen-bond donors (Lipinski definition) is 2. The Balaban J connectivity index is 2.43. The first-order valence-corrected chi connectivity index (χ1v) is 6.07. The van der Waals surface area contributed by atoms with Crippen molar-refractivity contribution in [3.63, 3.8) is 0 Å². The van der Waals surface area contributed by atoms with Crippen LogP contribution in [0.25, 0.3) is 0 Å². The third-order valence-corrected chi connectivity index (χ3v) is 3.48. The SMILES string of the molecule is Cc1csc(N(C)c2ccccc2C(=N)N)n1. The highest BCUT2D eigenvalue weighted by Gasteiger charge is 2.12. The molecule has 1 aromatic carbocycles. The van der Waals surface area contributed by atoms with Crippen LogP contribution in [0.2, 0.25) is 0 Å². The molecule has 0 aliphatic rings. The van der Waals surface area contributed by atoms with Crippen molar-refractivity contribution in [3.8, 4) is 0 Å². The minimum Gasteiger partial charge on any atom is -0.384 e. The second-order valence-corrected chi connectivity index (χ2v) is 4.60. The van der Waals surface area contributed by atoms with E-state index in [0.29, 0.717) is 0 Å². The van der Waals surface area contributed by atoms with Gasteiger partial charge in [0, 0.05) is 18.0 Å². The average Bonchev–Trinajstić information content (AvgIpc) is 2.75. The summed E-state index contributed by atoms with van der Waals surface area (Å²) in [6.45, 7) is 1.96. The molecule has 0 saturated carbocycles. The molecule has 0 radical (unpaired) electrons. The third-order valence-electron chi connectivity index (χ3n) is 2.45. The number of thiazole rings is 1. The summed E-state index contributed by atoms with van der Waals surface area (Å²) in [4.78, 5) is 6.37. The largest absolute Gasteiger partial charge is 0.384 e. The van der Waals surface area contributed by atoms with Crippen molar-refractivity contribution in [3.05, 3.63) is 40.9 Å². The highest BCUT2D eigenvalue weighted by atomic mass is 32.1. The van der Waals surface area contributed by atoms with Gasteiger partial charge in [0.1, 0.15) is 5.84 Å². The van der Waals surface area contributed by atoms with Crippen LogP contribution in [0.15, 0.2) is 29.6 Å². The predicted octanol–water partition coefficient (Wildman–Crippen LogP) is 2.50. The summed E-state index contributed by atoms with van der Waals surface area (Å²) in [5.41, 5.74) is 8.20. The molecule has 0 fully saturated rings. The maximum atomic E-state index is 7.57. The molecule has 5 heteroatoms. The Hall–Kier alpha value is -1.88. The van der Waals surface area contributed by atoms with Crippen LogP contribution >= 0.6 is 11.3 Å². The highest BCUT2D eigenvalue weighted by Crippen LogP contribution is 2.29. The van der Waals surface area contributed by atoms with E-state index in [1.54, 1.807) is 11.3 Å². The normalized spacial score (nSPS) is 10.2. The molecule has 0 unspecified atom stereocenters. The fraction of sp³-hybridized carbons (Fsp3) is 0.167. The standard InChI is InChI=1S/C12H14N4S/c1-8-7-17-12(15-8)16(2)10-6-4-3-5-9(10)11(13)14/h3-7H,1-2H3,(H3,13,14). The first-order valence-electron chi connectivity index (χ1n) is 5.19. The molecule has 1 heterocycles. The zero-order chi connectivity index (χ0) is 12.4. The second kappa shape index (κ2) is 4.55. The van der Waals surface area contributed by atoms with Gasteiger partial charge in [-0.2, -0.15) is 0 Å². The molecule has 0 aliphatic heterocycles. The maximum Gasteiger partial charge on any atom is 0.189 e. The van der Waals surface area contributed by atoms with E-state index in [4.69, 9.17) is 11.1 Å². The fourth-order valence-corrected chi connectivity index (χ4v) is 2.37. The second-order valence-electron chi connectivity index (χ2n) is 3.76. The number of nitrogens with one attached hydrogen (secondary N) is 1. The van der Waals surface area contributed by atoms with Gasteiger partial charge in [-0.1, -0.05) is 12.1 Å². The van der Waals surface area contributed by atoms with E-state index >= 15 is 0 Å². The number of aromatic nitrogens is 1. The average molecular weight is 246 g/mol. The van der Waals surface area contributed by atoms with Gasteiger partial charge in [-0.3, -0.25) is 5.41 Å². The number of hydrogen-bond acceptors (Lipinski definition) is 4. The van der Waals surface area contributed by atoms with Crippen LogP contribution in [0.3, 0.4) is 0 Å². The lowest BCUT2D eigenvalue weighted by atomic mass is 10.1. The van der Waals surface area contributed by atoms with Crippen LogP contribution in [-0.2, 0) is 0 Å². The van der Waals surface area contributed by atoms with Gasteiger partial charge in [0.2, 0.25) is 0 Å². The first kappa shape index (κ1) is 11.6. The van der Waals surface area contributed by atoms with Crippen LogP contribution in [-0.4, -0.2) is 17.9 Å². The summed E-state index contributed by atoms with van der Waals surface area (Å²) in [5, 5.41) is 10.5. The van der Waals surface area contributed by atoms with Gasteiger partial charge < -0.3 is 10.6 Å². The molecule has 0 bridgehead atoms. The number of nitrogens with zero attached hydrogens (tertiary/aromatic N) is 2. The minimum atomic E-state index is 0.0701. The first-order chi connectivity index (χ1) is 8.09. The lowest BCUT2D eigenvalue weighted by Crippen LogP contribution is -2.18. The van der Waals surface area contributed by atoms with Gasteiger partial charge >= 0.3 is 0 Å². The molecule has 0 saturated heterocycles. The predicted molar refractivity (Wildman–Crippen MR) is 72.4 cm³/mol. The van der Waals surface area contributed by atoms with Gasteiger partial charge in [0.05, 0.1) is 11.4 Å². The molecule has 4 nitrogen and oxygen atoms in total. The Morgan fingerprint density at radius 2 is 2.12 bits per heavy atom. The van der Waals surface area contributed by atoms with Crippen molar-refractivity contribution in [1.82, 2.24) is 4.98 Å². The summed E-state index contributed by atoms with van der Waals surface area (Å²) in [5.74, 6) is 0.0701. The molecule has 3 N–H and O–H groups in total. The van der Waals surface area contributed by atoms with E-state index in [1.807, 2.05) is 48.5 Å². The third kappa shape index (κ3) is 2.29. The van der Waals surface area contributed by atoms with Gasteiger partial charge in [0.25, 0.3) is 0 Å². The van der Waals surface area contributed by atoms with Crippen molar-refractivity contribution in [1.29, 1.82) is 5.41 Å². The van der Waals surface area contributed by atoms with Gasteiger partial charge in [0.15, 0.2) is 5.13 Å². The van der Waals surface area contributed by atoms with Crippen LogP contribution in [0.4, 0.5) is 10.8 Å². The number of nitrogens with two attached hydrogens (primary N) is 1. The lowest BCUT2D eigenvalue weighted by Gasteiger charge is -2.19. The van der Waals surface area contributed by atoms with E-state index in [2.05, 4.69) is 4.98 Å². The molecule has 2 rings (SSSR count). The van der Waals surface area contributed by atoms with Crippen molar-refractivity contribution in [2.45, 2.75) is 6.92 Å². The molecular weight excluding hydrogens is 232 g/mol. The topological polar surface area (TPSA) is 66.0 Å².